The third-order valence-electron chi connectivity index (χ3n) is 12.8. The molecule has 3 N–H and O–H groups in total. The summed E-state index contributed by atoms with van der Waals surface area (Å²) in [5.41, 5.74) is 1.47. The van der Waals surface area contributed by atoms with Crippen molar-refractivity contribution in [2.24, 2.45) is 36.1 Å². The topological polar surface area (TPSA) is 170 Å². The number of hydrogen-bond donors (Lipinski definition) is 3. The number of hydrogen-bond acceptors (Lipinski definition) is 9. The molecule has 3 aromatic carbocycles. The van der Waals surface area contributed by atoms with Crippen molar-refractivity contribution in [3.8, 4) is 22.1 Å². The number of fused-ring (bicyclic) bond motifs is 5. The average Bonchev–Trinajstić information content (AvgIpc) is 3.86. The highest BCUT2D eigenvalue weighted by molar-refractivity contribution is 7.22. The fourth-order valence-corrected chi connectivity index (χ4v) is 11.4. The number of carboxylic acids is 1. The Kier molecular flexibility index (Phi) is 8.57. The smallest absolute Gasteiger partial charge is 0.339 e. The SMILES string of the molecule is C=CCc1cccc(C2C3=CCC4C(=O)N(c5ccc(C(=O)O)c(O)c5)C(=O)C4C3CC3C(=O)N(c4cc(-c5sc6ccc(Cl)cc6c5C)nn4C)C(=O)C32C)c1O. The molecule has 14 heteroatoms. The maximum atomic E-state index is 15.2. The van der Waals surface area contributed by atoms with Crippen LogP contribution >= 0.6 is 22.9 Å². The number of amides is 4. The predicted molar refractivity (Wildman–Crippen MR) is 218 cm³/mol. The van der Waals surface area contributed by atoms with E-state index < -0.39 is 70.4 Å². The number of aromatic carboxylic acids is 1. The summed E-state index contributed by atoms with van der Waals surface area (Å²) in [6.07, 6.45) is 4.11. The van der Waals surface area contributed by atoms with E-state index in [0.29, 0.717) is 33.8 Å². The van der Waals surface area contributed by atoms with Crippen LogP contribution in [0.4, 0.5) is 11.5 Å². The molecular formula is C44H37ClN4O8S. The minimum Gasteiger partial charge on any atom is -0.507 e. The summed E-state index contributed by atoms with van der Waals surface area (Å²) in [6.45, 7) is 7.56. The first-order chi connectivity index (χ1) is 27.7. The zero-order valence-electron chi connectivity index (χ0n) is 31.6. The summed E-state index contributed by atoms with van der Waals surface area (Å²) in [5, 5.41) is 38.2. The lowest BCUT2D eigenvalue weighted by Crippen LogP contribution is -2.49. The minimum absolute atomic E-state index is 0.0303. The number of benzene rings is 3. The molecule has 2 saturated heterocycles. The number of phenols is 2. The van der Waals surface area contributed by atoms with Crippen molar-refractivity contribution in [2.45, 2.75) is 39.0 Å². The van der Waals surface area contributed by atoms with E-state index in [4.69, 9.17) is 16.7 Å². The van der Waals surface area contributed by atoms with Gasteiger partial charge in [-0.05, 0) is 85.9 Å². The highest BCUT2D eigenvalue weighted by Gasteiger charge is 2.68. The number of nitrogens with zero attached hydrogens (tertiary/aromatic N) is 4. The van der Waals surface area contributed by atoms with Gasteiger partial charge in [0.2, 0.25) is 23.6 Å². The van der Waals surface area contributed by atoms with E-state index >= 15 is 4.79 Å². The summed E-state index contributed by atoms with van der Waals surface area (Å²) >= 11 is 7.85. The standard InChI is InChI=1S/C44H37ClN4O8S/c1-5-7-21-8-6-9-27(37(21)51)36-24-13-14-26-35(41(54)48(39(26)52)23-11-12-25(42(55)56)32(50)17-23)29(24)18-30-40(53)49(43(57)44(30,36)3)34-19-31(46-47(34)4)38-20(2)28-16-22(45)10-15-33(28)58-38/h5-6,8-13,15-17,19,26,29-30,35-36,50-51H,1,7,14,18H2,2-4H3,(H,55,56). The molecule has 2 aromatic heterocycles. The Morgan fingerprint density at radius 2 is 1.79 bits per heavy atom. The van der Waals surface area contributed by atoms with Gasteiger partial charge in [-0.3, -0.25) is 23.9 Å². The third kappa shape index (κ3) is 5.18. The van der Waals surface area contributed by atoms with E-state index in [1.807, 2.05) is 31.2 Å². The lowest BCUT2D eigenvalue weighted by atomic mass is 9.51. The van der Waals surface area contributed by atoms with Crippen LogP contribution in [0.3, 0.4) is 0 Å². The van der Waals surface area contributed by atoms with Gasteiger partial charge in [-0.25, -0.2) is 14.6 Å². The van der Waals surface area contributed by atoms with Crippen LogP contribution in [-0.4, -0.2) is 54.7 Å². The maximum absolute atomic E-state index is 15.2. The number of thiophene rings is 1. The monoisotopic (exact) mass is 816 g/mol. The summed E-state index contributed by atoms with van der Waals surface area (Å²) in [7, 11) is 1.68. The molecule has 1 saturated carbocycles. The Hall–Kier alpha value is -6.05. The number of carbonyl (C=O) groups is 5. The van der Waals surface area contributed by atoms with Crippen molar-refractivity contribution < 1.29 is 39.3 Å². The van der Waals surface area contributed by atoms with Crippen LogP contribution < -0.4 is 9.80 Å². The van der Waals surface area contributed by atoms with Crippen LogP contribution in [0, 0.1) is 36.0 Å². The average molecular weight is 817 g/mol. The number of aromatic hydroxyl groups is 2. The maximum Gasteiger partial charge on any atom is 0.339 e. The van der Waals surface area contributed by atoms with Crippen molar-refractivity contribution in [3.05, 3.63) is 112 Å². The second-order valence-corrected chi connectivity index (χ2v) is 17.2. The second kappa shape index (κ2) is 13.2. The van der Waals surface area contributed by atoms with Gasteiger partial charge in [-0.2, -0.15) is 5.10 Å². The summed E-state index contributed by atoms with van der Waals surface area (Å²) in [4.78, 5) is 73.4. The van der Waals surface area contributed by atoms with Gasteiger partial charge in [-0.15, -0.1) is 17.9 Å². The van der Waals surface area contributed by atoms with Crippen molar-refractivity contribution in [3.63, 3.8) is 0 Å². The first-order valence-corrected chi connectivity index (χ1v) is 20.0. The second-order valence-electron chi connectivity index (χ2n) is 15.7. The molecule has 0 bridgehead atoms. The molecule has 0 spiro atoms. The third-order valence-corrected chi connectivity index (χ3v) is 14.3. The van der Waals surface area contributed by atoms with E-state index in [1.54, 1.807) is 44.3 Å². The Balaban J connectivity index is 1.16. The van der Waals surface area contributed by atoms with Crippen LogP contribution in [0.15, 0.2) is 85.0 Å². The molecule has 294 valence electrons. The van der Waals surface area contributed by atoms with E-state index in [1.165, 1.54) is 27.0 Å². The Bertz CT molecular complexity index is 2730. The molecule has 2 aliphatic carbocycles. The van der Waals surface area contributed by atoms with Gasteiger partial charge in [0.25, 0.3) is 0 Å². The zero-order chi connectivity index (χ0) is 41.1. The van der Waals surface area contributed by atoms with E-state index in [2.05, 4.69) is 6.58 Å². The van der Waals surface area contributed by atoms with Gasteiger partial charge in [0.1, 0.15) is 28.6 Å². The number of anilines is 2. The molecule has 58 heavy (non-hydrogen) atoms. The van der Waals surface area contributed by atoms with Gasteiger partial charge in [-0.1, -0.05) is 47.5 Å². The number of carbonyl (C=O) groups excluding carboxylic acids is 4. The van der Waals surface area contributed by atoms with Gasteiger partial charge < -0.3 is 15.3 Å². The van der Waals surface area contributed by atoms with Gasteiger partial charge in [0.15, 0.2) is 0 Å². The number of phenolic OH excluding ortho intramolecular Hbond substituents is 1. The molecule has 5 aromatic rings. The van der Waals surface area contributed by atoms with Crippen molar-refractivity contribution in [1.82, 2.24) is 9.78 Å². The molecule has 4 amide bonds. The van der Waals surface area contributed by atoms with E-state index in [-0.39, 0.29) is 35.7 Å². The first-order valence-electron chi connectivity index (χ1n) is 18.8. The number of para-hydroxylation sites is 1. The van der Waals surface area contributed by atoms with Crippen LogP contribution in [0.2, 0.25) is 5.02 Å². The van der Waals surface area contributed by atoms with E-state index in [0.717, 1.165) is 37.6 Å². The summed E-state index contributed by atoms with van der Waals surface area (Å²) in [5.74, 6) is -7.97. The molecule has 4 aliphatic rings. The fourth-order valence-electron chi connectivity index (χ4n) is 10.1. The molecule has 6 unspecified atom stereocenters. The lowest BCUT2D eigenvalue weighted by molar-refractivity contribution is -0.131. The van der Waals surface area contributed by atoms with Gasteiger partial charge in [0, 0.05) is 40.4 Å². The highest BCUT2D eigenvalue weighted by atomic mass is 35.5. The van der Waals surface area contributed by atoms with Crippen LogP contribution in [0.25, 0.3) is 20.7 Å². The number of aryl methyl sites for hydroxylation is 2. The number of rotatable bonds is 7. The number of allylic oxidation sites excluding steroid dienone is 3. The molecule has 9 rings (SSSR count). The molecule has 3 fully saturated rings. The van der Waals surface area contributed by atoms with Crippen LogP contribution in [-0.2, 0) is 32.6 Å². The number of carboxylic acid groups (broad SMARTS) is 1. The van der Waals surface area contributed by atoms with Gasteiger partial charge in [0.05, 0.1) is 33.7 Å². The first kappa shape index (κ1) is 37.5. The fraction of sp³-hybridized carbons (Fsp3) is 0.273. The molecular weight excluding hydrogens is 780 g/mol. The lowest BCUT2D eigenvalue weighted by Gasteiger charge is -2.49. The molecule has 12 nitrogen and oxygen atoms in total. The summed E-state index contributed by atoms with van der Waals surface area (Å²) < 4.78 is 2.53. The minimum atomic E-state index is -1.42. The molecule has 4 heterocycles. The van der Waals surface area contributed by atoms with Crippen LogP contribution in [0.5, 0.6) is 11.5 Å². The van der Waals surface area contributed by atoms with E-state index in [9.17, 15) is 34.5 Å². The Morgan fingerprint density at radius 1 is 1.02 bits per heavy atom. The predicted octanol–water partition coefficient (Wildman–Crippen LogP) is 7.54. The van der Waals surface area contributed by atoms with Gasteiger partial charge >= 0.3 is 5.97 Å². The summed E-state index contributed by atoms with van der Waals surface area (Å²) in [6, 6.07) is 16.2. The Labute approximate surface area is 341 Å². The zero-order valence-corrected chi connectivity index (χ0v) is 33.2. The molecule has 2 aliphatic heterocycles. The normalized spacial score (nSPS) is 25.2. The van der Waals surface area contributed by atoms with Crippen molar-refractivity contribution >= 4 is 74.1 Å². The molecule has 6 atom stereocenters. The number of halogens is 1. The quantitative estimate of drug-likeness (QED) is 0.111. The molecule has 0 radical (unpaired) electrons. The van der Waals surface area contributed by atoms with Crippen molar-refractivity contribution in [1.29, 1.82) is 0 Å². The highest BCUT2D eigenvalue weighted by Crippen LogP contribution is 2.65. The number of aromatic nitrogens is 2. The Morgan fingerprint density at radius 3 is 2.52 bits per heavy atom. The van der Waals surface area contributed by atoms with Crippen molar-refractivity contribution in [2.75, 3.05) is 9.80 Å². The number of imide groups is 2. The van der Waals surface area contributed by atoms with Crippen LogP contribution in [0.1, 0.15) is 52.7 Å². The largest absolute Gasteiger partial charge is 0.507 e.